The summed E-state index contributed by atoms with van der Waals surface area (Å²) in [5.41, 5.74) is 4.11. The van der Waals surface area contributed by atoms with Crippen molar-refractivity contribution in [3.05, 3.63) is 53.3 Å². The van der Waals surface area contributed by atoms with E-state index in [9.17, 15) is 18.0 Å². The van der Waals surface area contributed by atoms with Gasteiger partial charge in [-0.15, -0.1) is 15.3 Å². The molecule has 0 radical (unpaired) electrons. The van der Waals surface area contributed by atoms with Crippen LogP contribution in [0.25, 0.3) is 16.9 Å². The Morgan fingerprint density at radius 1 is 1.06 bits per heavy atom. The van der Waals surface area contributed by atoms with E-state index in [1.165, 1.54) is 6.07 Å². The van der Waals surface area contributed by atoms with Gasteiger partial charge in [-0.25, -0.2) is 0 Å². The van der Waals surface area contributed by atoms with Gasteiger partial charge in [-0.2, -0.15) is 22.8 Å². The van der Waals surface area contributed by atoms with Gasteiger partial charge in [0.1, 0.15) is 5.82 Å². The van der Waals surface area contributed by atoms with Crippen molar-refractivity contribution in [2.24, 2.45) is 5.92 Å². The van der Waals surface area contributed by atoms with Crippen LogP contribution in [0.15, 0.2) is 36.4 Å². The maximum atomic E-state index is 13.1. The largest absolute Gasteiger partial charge is 0.453 e. The first-order valence-electron chi connectivity index (χ1n) is 11.2. The summed E-state index contributed by atoms with van der Waals surface area (Å²) in [6, 6.07) is 11.0. The van der Waals surface area contributed by atoms with Crippen LogP contribution in [0, 0.1) is 19.8 Å². The van der Waals surface area contributed by atoms with Gasteiger partial charge in [-0.05, 0) is 51.0 Å². The zero-order valence-corrected chi connectivity index (χ0v) is 19.1. The Balaban J connectivity index is 1.22. The quantitative estimate of drug-likeness (QED) is 0.454. The summed E-state index contributed by atoms with van der Waals surface area (Å²) in [7, 11) is 0. The van der Waals surface area contributed by atoms with E-state index in [0.717, 1.165) is 22.4 Å². The average Bonchev–Trinajstić information content (AvgIpc) is 3.45. The fourth-order valence-electron chi connectivity index (χ4n) is 4.39. The minimum Gasteiger partial charge on any atom is -0.355 e. The number of hydrogen-bond acceptors (Lipinski definition) is 6. The molecule has 4 heterocycles. The van der Waals surface area contributed by atoms with Crippen molar-refractivity contribution in [3.63, 3.8) is 0 Å². The van der Waals surface area contributed by atoms with E-state index < -0.39 is 12.0 Å². The first-order valence-corrected chi connectivity index (χ1v) is 11.2. The van der Waals surface area contributed by atoms with Crippen LogP contribution in [0.4, 0.5) is 24.8 Å². The van der Waals surface area contributed by atoms with Gasteiger partial charge in [0.2, 0.25) is 5.91 Å². The Morgan fingerprint density at radius 3 is 2.46 bits per heavy atom. The summed E-state index contributed by atoms with van der Waals surface area (Å²) in [5.74, 6) is -0.706. The topological polar surface area (TPSA) is 104 Å². The van der Waals surface area contributed by atoms with Gasteiger partial charge in [-0.3, -0.25) is 9.89 Å². The molecule has 1 aromatic carbocycles. The Labute approximate surface area is 198 Å². The molecule has 9 nitrogen and oxygen atoms in total. The number of aromatic nitrogens is 6. The molecule has 5 rings (SSSR count). The van der Waals surface area contributed by atoms with Gasteiger partial charge in [0.15, 0.2) is 11.5 Å². The smallest absolute Gasteiger partial charge is 0.355 e. The molecule has 1 amide bonds. The number of benzene rings is 1. The average molecular weight is 484 g/mol. The number of amides is 1. The van der Waals surface area contributed by atoms with E-state index >= 15 is 0 Å². The summed E-state index contributed by atoms with van der Waals surface area (Å²) in [4.78, 5) is 14.7. The lowest BCUT2D eigenvalue weighted by Gasteiger charge is -2.31. The normalized spacial score (nSPS) is 15.1. The third-order valence-electron chi connectivity index (χ3n) is 6.05. The van der Waals surface area contributed by atoms with Crippen LogP contribution in [0.5, 0.6) is 0 Å². The van der Waals surface area contributed by atoms with E-state index in [-0.39, 0.29) is 17.5 Å². The Morgan fingerprint density at radius 2 is 1.77 bits per heavy atom. The number of fused-ring (bicyclic) bond motifs is 1. The maximum absolute atomic E-state index is 13.1. The lowest BCUT2D eigenvalue weighted by Crippen LogP contribution is -2.38. The number of rotatable bonds is 4. The highest BCUT2D eigenvalue weighted by Crippen LogP contribution is 2.29. The van der Waals surface area contributed by atoms with Gasteiger partial charge in [0.05, 0.1) is 5.69 Å². The standard InChI is InChI=1S/C23H23F3N8O/c1-13-9-14(2)11-16(10-13)17-12-18(29-28-17)27-21(35)15-5-7-33(8-6-15)20-4-3-19-30-31-22(23(24,25)26)34(19)32-20/h3-4,9-12,15H,5-8H2,1-2H3,(H2,27,28,29,35). The minimum absolute atomic E-state index is 0.0227. The summed E-state index contributed by atoms with van der Waals surface area (Å²) in [5, 5.41) is 20.9. The zero-order chi connectivity index (χ0) is 24.7. The predicted molar refractivity (Wildman–Crippen MR) is 123 cm³/mol. The number of hydrogen-bond donors (Lipinski definition) is 2. The van der Waals surface area contributed by atoms with E-state index in [2.05, 4.69) is 36.9 Å². The number of nitrogens with one attached hydrogen (secondary N) is 2. The Bertz CT molecular complexity index is 1360. The molecule has 1 saturated heterocycles. The molecule has 12 heteroatoms. The van der Waals surface area contributed by atoms with Crippen LogP contribution in [0.3, 0.4) is 0 Å². The van der Waals surface area contributed by atoms with Gasteiger partial charge in [0.25, 0.3) is 5.82 Å². The zero-order valence-electron chi connectivity index (χ0n) is 19.1. The number of anilines is 2. The Kier molecular flexibility index (Phi) is 5.65. The fraction of sp³-hybridized carbons (Fsp3) is 0.348. The molecule has 4 aromatic rings. The molecule has 1 aliphatic rings. The predicted octanol–water partition coefficient (Wildman–Crippen LogP) is 4.01. The van der Waals surface area contributed by atoms with Crippen LogP contribution in [-0.4, -0.2) is 49.0 Å². The molecule has 0 aliphatic carbocycles. The molecule has 0 spiro atoms. The van der Waals surface area contributed by atoms with Crippen molar-refractivity contribution >= 4 is 23.2 Å². The first kappa shape index (κ1) is 22.8. The third kappa shape index (κ3) is 4.68. The first-order chi connectivity index (χ1) is 16.7. The monoisotopic (exact) mass is 484 g/mol. The number of carbonyl (C=O) groups excluding carboxylic acids is 1. The lowest BCUT2D eigenvalue weighted by atomic mass is 9.96. The highest BCUT2D eigenvalue weighted by Gasteiger charge is 2.38. The molecule has 0 saturated carbocycles. The van der Waals surface area contributed by atoms with Crippen LogP contribution < -0.4 is 10.2 Å². The molecule has 1 fully saturated rings. The molecular formula is C23H23F3N8O. The van der Waals surface area contributed by atoms with E-state index in [1.807, 2.05) is 30.9 Å². The molecule has 3 aromatic heterocycles. The van der Waals surface area contributed by atoms with Crippen molar-refractivity contribution < 1.29 is 18.0 Å². The van der Waals surface area contributed by atoms with E-state index in [1.54, 1.807) is 12.1 Å². The summed E-state index contributed by atoms with van der Waals surface area (Å²) in [6.45, 7) is 5.01. The second-order valence-electron chi connectivity index (χ2n) is 8.78. The molecule has 0 atom stereocenters. The van der Waals surface area contributed by atoms with Crippen molar-refractivity contribution in [2.45, 2.75) is 32.9 Å². The van der Waals surface area contributed by atoms with Gasteiger partial charge < -0.3 is 10.2 Å². The minimum atomic E-state index is -4.65. The number of alkyl halides is 3. The molecular weight excluding hydrogens is 461 g/mol. The second kappa shape index (κ2) is 8.67. The third-order valence-corrected chi connectivity index (χ3v) is 6.05. The fourth-order valence-corrected chi connectivity index (χ4v) is 4.39. The SMILES string of the molecule is Cc1cc(C)cc(-c2cc(NC(=O)C3CCN(c4ccc5nnc(C(F)(F)F)n5n4)CC3)n[nH]2)c1. The van der Waals surface area contributed by atoms with Crippen LogP contribution >= 0.6 is 0 Å². The molecule has 1 aliphatic heterocycles. The molecule has 35 heavy (non-hydrogen) atoms. The number of carbonyl (C=O) groups is 1. The highest BCUT2D eigenvalue weighted by atomic mass is 19.4. The summed E-state index contributed by atoms with van der Waals surface area (Å²) < 4.78 is 40.2. The number of halogens is 3. The summed E-state index contributed by atoms with van der Waals surface area (Å²) >= 11 is 0. The number of aromatic amines is 1. The van der Waals surface area contributed by atoms with Crippen LogP contribution in [0.2, 0.25) is 0 Å². The number of nitrogens with zero attached hydrogens (tertiary/aromatic N) is 6. The number of H-pyrrole nitrogens is 1. The van der Waals surface area contributed by atoms with Crippen LogP contribution in [-0.2, 0) is 11.0 Å². The number of aryl methyl sites for hydroxylation is 2. The second-order valence-corrected chi connectivity index (χ2v) is 8.78. The van der Waals surface area contributed by atoms with Gasteiger partial charge >= 0.3 is 6.18 Å². The summed E-state index contributed by atoms with van der Waals surface area (Å²) in [6.07, 6.45) is -3.58. The Hall–Kier alpha value is -3.96. The van der Waals surface area contributed by atoms with Crippen molar-refractivity contribution in [3.8, 4) is 11.3 Å². The van der Waals surface area contributed by atoms with E-state index in [4.69, 9.17) is 0 Å². The van der Waals surface area contributed by atoms with E-state index in [0.29, 0.717) is 42.1 Å². The van der Waals surface area contributed by atoms with Gasteiger partial charge in [0, 0.05) is 30.6 Å². The lowest BCUT2D eigenvalue weighted by molar-refractivity contribution is -0.146. The van der Waals surface area contributed by atoms with Crippen molar-refractivity contribution in [2.75, 3.05) is 23.3 Å². The number of piperidine rings is 1. The van der Waals surface area contributed by atoms with Crippen LogP contribution in [0.1, 0.15) is 29.8 Å². The van der Waals surface area contributed by atoms with Crippen molar-refractivity contribution in [1.82, 2.24) is 30.0 Å². The van der Waals surface area contributed by atoms with Gasteiger partial charge in [-0.1, -0.05) is 17.2 Å². The maximum Gasteiger partial charge on any atom is 0.453 e. The highest BCUT2D eigenvalue weighted by molar-refractivity contribution is 5.92. The molecule has 2 N–H and O–H groups in total. The molecule has 0 bridgehead atoms. The molecule has 182 valence electrons. The molecule has 0 unspecified atom stereocenters. The van der Waals surface area contributed by atoms with Crippen molar-refractivity contribution in [1.29, 1.82) is 0 Å².